The first-order valence-corrected chi connectivity index (χ1v) is 11.5. The topological polar surface area (TPSA) is 70.1 Å². The number of aliphatic hydroxyl groups excluding tert-OH is 1. The van der Waals surface area contributed by atoms with Crippen molar-refractivity contribution >= 4 is 17.4 Å². The number of Topliss-reactive ketones (excluding diaryl/α,β-unsaturated/α-hetero) is 1. The van der Waals surface area contributed by atoms with Crippen LogP contribution in [0, 0.1) is 6.92 Å². The SMILES string of the molecule is C=CCOc1ccc(C(O)=C2C(=O)C(=O)N(CCN(C)C)C2c2ccc(C(C)C)cc2)c(C)c1. The average molecular weight is 463 g/mol. The molecule has 1 atom stereocenters. The number of ether oxygens (including phenoxy) is 1. The zero-order valence-corrected chi connectivity index (χ0v) is 20.7. The molecule has 1 aliphatic rings. The van der Waals surface area contributed by atoms with E-state index >= 15 is 0 Å². The molecule has 0 radical (unpaired) electrons. The van der Waals surface area contributed by atoms with Gasteiger partial charge in [0.25, 0.3) is 11.7 Å². The fourth-order valence-corrected chi connectivity index (χ4v) is 4.12. The molecule has 1 heterocycles. The van der Waals surface area contributed by atoms with Crippen LogP contribution < -0.4 is 4.74 Å². The monoisotopic (exact) mass is 462 g/mol. The number of hydrogen-bond donors (Lipinski definition) is 1. The van der Waals surface area contributed by atoms with Crippen LogP contribution in [0.1, 0.15) is 48.1 Å². The van der Waals surface area contributed by atoms with E-state index in [2.05, 4.69) is 20.4 Å². The molecule has 6 heteroatoms. The maximum Gasteiger partial charge on any atom is 0.295 e. The first-order valence-electron chi connectivity index (χ1n) is 11.5. The molecule has 0 aliphatic carbocycles. The van der Waals surface area contributed by atoms with E-state index in [1.807, 2.05) is 50.2 Å². The number of aryl methyl sites for hydroxylation is 1. The smallest absolute Gasteiger partial charge is 0.295 e. The quantitative estimate of drug-likeness (QED) is 0.254. The number of carbonyl (C=O) groups excluding carboxylic acids is 2. The van der Waals surface area contributed by atoms with Crippen LogP contribution in [0.3, 0.4) is 0 Å². The lowest BCUT2D eigenvalue weighted by molar-refractivity contribution is -0.140. The zero-order valence-electron chi connectivity index (χ0n) is 20.7. The van der Waals surface area contributed by atoms with Crippen LogP contribution in [0.15, 0.2) is 60.7 Å². The van der Waals surface area contributed by atoms with Gasteiger partial charge in [0.05, 0.1) is 11.6 Å². The highest BCUT2D eigenvalue weighted by Crippen LogP contribution is 2.40. The van der Waals surface area contributed by atoms with Gasteiger partial charge in [-0.3, -0.25) is 9.59 Å². The molecule has 6 nitrogen and oxygen atoms in total. The number of hydrogen-bond acceptors (Lipinski definition) is 5. The maximum absolute atomic E-state index is 13.2. The summed E-state index contributed by atoms with van der Waals surface area (Å²) in [5.74, 6) is -0.429. The van der Waals surface area contributed by atoms with Gasteiger partial charge in [0.2, 0.25) is 0 Å². The van der Waals surface area contributed by atoms with Crippen LogP contribution in [0.2, 0.25) is 0 Å². The number of ketones is 1. The summed E-state index contributed by atoms with van der Waals surface area (Å²) in [6.07, 6.45) is 1.66. The molecule has 34 heavy (non-hydrogen) atoms. The zero-order chi connectivity index (χ0) is 25.0. The van der Waals surface area contributed by atoms with E-state index in [0.717, 1.165) is 11.1 Å². The molecule has 0 aromatic heterocycles. The van der Waals surface area contributed by atoms with Crippen molar-refractivity contribution in [3.05, 3.63) is 82.9 Å². The Morgan fingerprint density at radius 1 is 1.18 bits per heavy atom. The lowest BCUT2D eigenvalue weighted by Crippen LogP contribution is -2.35. The van der Waals surface area contributed by atoms with Gasteiger partial charge >= 0.3 is 0 Å². The highest BCUT2D eigenvalue weighted by Gasteiger charge is 2.46. The Bertz CT molecular complexity index is 1100. The van der Waals surface area contributed by atoms with E-state index in [0.29, 0.717) is 36.9 Å². The predicted octanol–water partition coefficient (Wildman–Crippen LogP) is 4.67. The minimum atomic E-state index is -0.666. The number of nitrogens with zero attached hydrogens (tertiary/aromatic N) is 2. The Kier molecular flexibility index (Phi) is 7.94. The minimum absolute atomic E-state index is 0.115. The second kappa shape index (κ2) is 10.7. The Labute approximate surface area is 202 Å². The van der Waals surface area contributed by atoms with Crippen molar-refractivity contribution < 1.29 is 19.4 Å². The third kappa shape index (κ3) is 5.23. The van der Waals surface area contributed by atoms with Crippen molar-refractivity contribution in [3.8, 4) is 5.75 Å². The standard InChI is InChI=1S/C28H34N2O4/c1-7-16-34-22-12-13-23(19(4)17-22)26(31)24-25(21-10-8-20(9-11-21)18(2)3)30(15-14-29(5)6)28(33)27(24)32/h7-13,17-18,25,31H,1,14-16H2,2-6H3. The molecule has 0 saturated carbocycles. The Morgan fingerprint density at radius 2 is 1.85 bits per heavy atom. The summed E-state index contributed by atoms with van der Waals surface area (Å²) in [5.41, 5.74) is 3.32. The highest BCUT2D eigenvalue weighted by atomic mass is 16.5. The maximum atomic E-state index is 13.2. The summed E-state index contributed by atoms with van der Waals surface area (Å²) < 4.78 is 5.58. The predicted molar refractivity (Wildman–Crippen MR) is 135 cm³/mol. The molecule has 0 bridgehead atoms. The van der Waals surface area contributed by atoms with Crippen LogP contribution >= 0.6 is 0 Å². The van der Waals surface area contributed by atoms with Crippen molar-refractivity contribution in [2.75, 3.05) is 33.8 Å². The molecule has 1 aliphatic heterocycles. The van der Waals surface area contributed by atoms with Gasteiger partial charge in [-0.05, 0) is 61.8 Å². The lowest BCUT2D eigenvalue weighted by atomic mass is 9.92. The fraction of sp³-hybridized carbons (Fsp3) is 0.357. The van der Waals surface area contributed by atoms with E-state index in [4.69, 9.17) is 4.74 Å². The Hall–Kier alpha value is -3.38. The fourth-order valence-electron chi connectivity index (χ4n) is 4.12. The summed E-state index contributed by atoms with van der Waals surface area (Å²) >= 11 is 0. The summed E-state index contributed by atoms with van der Waals surface area (Å²) in [7, 11) is 3.84. The van der Waals surface area contributed by atoms with E-state index < -0.39 is 17.7 Å². The summed E-state index contributed by atoms with van der Waals surface area (Å²) in [4.78, 5) is 29.8. The molecule has 2 aromatic carbocycles. The van der Waals surface area contributed by atoms with E-state index in [-0.39, 0.29) is 11.3 Å². The van der Waals surface area contributed by atoms with Crippen molar-refractivity contribution in [2.45, 2.75) is 32.7 Å². The molecule has 1 amide bonds. The second-order valence-electron chi connectivity index (χ2n) is 9.19. The lowest BCUT2D eigenvalue weighted by Gasteiger charge is -2.27. The van der Waals surface area contributed by atoms with Crippen molar-refractivity contribution in [2.24, 2.45) is 0 Å². The summed E-state index contributed by atoms with van der Waals surface area (Å²) in [5, 5.41) is 11.3. The number of amides is 1. The number of rotatable bonds is 9. The molecular formula is C28H34N2O4. The first-order chi connectivity index (χ1) is 16.1. The number of likely N-dealkylation sites (N-methyl/N-ethyl adjacent to an activating group) is 1. The van der Waals surface area contributed by atoms with E-state index in [1.54, 1.807) is 29.2 Å². The summed E-state index contributed by atoms with van der Waals surface area (Å²) in [6.45, 7) is 11.1. The van der Waals surface area contributed by atoms with Crippen LogP contribution in [0.5, 0.6) is 5.75 Å². The van der Waals surface area contributed by atoms with Gasteiger partial charge in [0.1, 0.15) is 18.1 Å². The van der Waals surface area contributed by atoms with Crippen LogP contribution in [-0.2, 0) is 9.59 Å². The molecule has 2 aromatic rings. The third-order valence-corrected chi connectivity index (χ3v) is 6.07. The normalized spacial score (nSPS) is 17.6. The van der Waals surface area contributed by atoms with Crippen LogP contribution in [-0.4, -0.2) is 60.4 Å². The van der Waals surface area contributed by atoms with Gasteiger partial charge in [-0.1, -0.05) is 50.8 Å². The van der Waals surface area contributed by atoms with Crippen LogP contribution in [0.25, 0.3) is 5.76 Å². The van der Waals surface area contributed by atoms with E-state index in [9.17, 15) is 14.7 Å². The van der Waals surface area contributed by atoms with Gasteiger partial charge in [-0.15, -0.1) is 0 Å². The number of benzene rings is 2. The molecule has 180 valence electrons. The highest BCUT2D eigenvalue weighted by molar-refractivity contribution is 6.46. The molecule has 1 N–H and O–H groups in total. The van der Waals surface area contributed by atoms with Gasteiger partial charge in [0, 0.05) is 18.7 Å². The van der Waals surface area contributed by atoms with Gasteiger partial charge in [-0.2, -0.15) is 0 Å². The second-order valence-corrected chi connectivity index (χ2v) is 9.19. The van der Waals surface area contributed by atoms with Crippen LogP contribution in [0.4, 0.5) is 0 Å². The molecule has 0 spiro atoms. The van der Waals surface area contributed by atoms with Crippen molar-refractivity contribution in [1.29, 1.82) is 0 Å². The average Bonchev–Trinajstić information content (AvgIpc) is 3.05. The number of carbonyl (C=O) groups is 2. The van der Waals surface area contributed by atoms with Gasteiger partial charge in [0.15, 0.2) is 0 Å². The molecular weight excluding hydrogens is 428 g/mol. The van der Waals surface area contributed by atoms with Crippen molar-refractivity contribution in [1.82, 2.24) is 9.80 Å². The molecule has 1 fully saturated rings. The Morgan fingerprint density at radius 3 is 2.41 bits per heavy atom. The van der Waals surface area contributed by atoms with Crippen molar-refractivity contribution in [3.63, 3.8) is 0 Å². The molecule has 3 rings (SSSR count). The Balaban J connectivity index is 2.11. The minimum Gasteiger partial charge on any atom is -0.507 e. The number of likely N-dealkylation sites (tertiary alicyclic amines) is 1. The number of aliphatic hydroxyl groups is 1. The third-order valence-electron chi connectivity index (χ3n) is 6.07. The molecule has 1 unspecified atom stereocenters. The summed E-state index contributed by atoms with van der Waals surface area (Å²) in [6, 6.07) is 12.5. The van der Waals surface area contributed by atoms with Gasteiger partial charge < -0.3 is 19.6 Å². The molecule has 1 saturated heterocycles. The van der Waals surface area contributed by atoms with Gasteiger partial charge in [-0.25, -0.2) is 0 Å². The first kappa shape index (κ1) is 25.2. The largest absolute Gasteiger partial charge is 0.507 e. The van der Waals surface area contributed by atoms with E-state index in [1.165, 1.54) is 5.56 Å².